The summed E-state index contributed by atoms with van der Waals surface area (Å²) < 4.78 is 0. The zero-order valence-corrected chi connectivity index (χ0v) is 32.1. The Bertz CT molecular complexity index is 1540. The van der Waals surface area contributed by atoms with Crippen LogP contribution in [0.5, 0.6) is 0 Å². The lowest BCUT2D eigenvalue weighted by Crippen LogP contribution is -2.28. The monoisotopic (exact) mass is 633 g/mol. The van der Waals surface area contributed by atoms with Crippen molar-refractivity contribution in [2.45, 2.75) is 133 Å². The van der Waals surface area contributed by atoms with Crippen molar-refractivity contribution < 1.29 is 0 Å². The smallest absolute Gasteiger partial charge is 0.0470 e. The van der Waals surface area contributed by atoms with Crippen LogP contribution >= 0.6 is 0 Å². The third-order valence-electron chi connectivity index (χ3n) is 10.6. The van der Waals surface area contributed by atoms with Crippen molar-refractivity contribution in [1.29, 1.82) is 0 Å². The summed E-state index contributed by atoms with van der Waals surface area (Å²) in [5.74, 6) is 0.452. The van der Waals surface area contributed by atoms with E-state index in [0.29, 0.717) is 5.92 Å². The van der Waals surface area contributed by atoms with E-state index in [1.165, 1.54) is 81.7 Å². The van der Waals surface area contributed by atoms with Crippen LogP contribution in [0.15, 0.2) is 72.3 Å². The minimum absolute atomic E-state index is 0.114. The van der Waals surface area contributed by atoms with E-state index >= 15 is 0 Å². The molecule has 0 amide bonds. The second-order valence-electron chi connectivity index (χ2n) is 16.8. The van der Waals surface area contributed by atoms with Gasteiger partial charge in [-0.2, -0.15) is 0 Å². The van der Waals surface area contributed by atoms with Gasteiger partial charge in [-0.15, -0.1) is 0 Å². The number of benzene rings is 3. The van der Waals surface area contributed by atoms with E-state index in [4.69, 9.17) is 0 Å². The van der Waals surface area contributed by atoms with Crippen LogP contribution in [0.25, 0.3) is 0 Å². The summed E-state index contributed by atoms with van der Waals surface area (Å²) in [6.07, 6.45) is 13.5. The molecular weight excluding hydrogens is 569 g/mol. The van der Waals surface area contributed by atoms with E-state index in [1.54, 1.807) is 0 Å². The molecule has 1 aliphatic rings. The predicted octanol–water partition coefficient (Wildman–Crippen LogP) is 13.5. The van der Waals surface area contributed by atoms with Gasteiger partial charge >= 0.3 is 0 Å². The first-order valence-corrected chi connectivity index (χ1v) is 18.2. The van der Waals surface area contributed by atoms with Gasteiger partial charge in [-0.05, 0) is 132 Å². The zero-order chi connectivity index (χ0) is 34.7. The molecule has 0 bridgehead atoms. The molecule has 1 N–H and O–H groups in total. The van der Waals surface area contributed by atoms with E-state index in [-0.39, 0.29) is 16.2 Å². The Balaban J connectivity index is 1.72. The largest absolute Gasteiger partial charge is 0.355 e. The lowest BCUT2D eigenvalue weighted by molar-refractivity contribution is 0.342. The number of hydrogen-bond donors (Lipinski definition) is 1. The normalized spacial score (nSPS) is 16.5. The first-order chi connectivity index (χ1) is 22.0. The lowest BCUT2D eigenvalue weighted by Gasteiger charge is -2.36. The summed E-state index contributed by atoms with van der Waals surface area (Å²) in [4.78, 5) is 2.60. The van der Waals surface area contributed by atoms with E-state index < -0.39 is 0 Å². The molecule has 2 atom stereocenters. The standard InChI is InChI=1S/C45H64N2/c1-14-16-24-45(13,15-2)36-19-17-18-35(29-36)30-47(42-33(5)27-38(28-34(42)6)44(10,11)12)40-22-20-39(21-23-40)46-41-31(3)25-37(26-32(41)4)43(7,8)9/h17,19-23,25-29,35,46H,14-16,18,24,30H2,1-13H3. The van der Waals surface area contributed by atoms with Gasteiger partial charge in [-0.1, -0.05) is 118 Å². The first-order valence-electron chi connectivity index (χ1n) is 18.2. The Morgan fingerprint density at radius 1 is 0.745 bits per heavy atom. The van der Waals surface area contributed by atoms with Gasteiger partial charge < -0.3 is 10.2 Å². The van der Waals surface area contributed by atoms with Crippen LogP contribution in [0.2, 0.25) is 0 Å². The number of nitrogens with zero attached hydrogens (tertiary/aromatic N) is 1. The maximum absolute atomic E-state index is 3.76. The Morgan fingerprint density at radius 2 is 1.28 bits per heavy atom. The van der Waals surface area contributed by atoms with Crippen molar-refractivity contribution in [3.8, 4) is 0 Å². The van der Waals surface area contributed by atoms with Crippen LogP contribution in [-0.2, 0) is 10.8 Å². The number of rotatable bonds is 11. The van der Waals surface area contributed by atoms with Crippen molar-refractivity contribution in [2.75, 3.05) is 16.8 Å². The van der Waals surface area contributed by atoms with E-state index in [0.717, 1.165) is 18.7 Å². The number of unbranched alkanes of at least 4 members (excludes halogenated alkanes) is 1. The topological polar surface area (TPSA) is 15.3 Å². The molecule has 0 aliphatic heterocycles. The van der Waals surface area contributed by atoms with E-state index in [9.17, 15) is 0 Å². The van der Waals surface area contributed by atoms with Gasteiger partial charge in [-0.25, -0.2) is 0 Å². The molecule has 4 rings (SSSR count). The number of aryl methyl sites for hydroxylation is 4. The molecule has 2 unspecified atom stereocenters. The molecule has 0 saturated heterocycles. The van der Waals surface area contributed by atoms with Crippen molar-refractivity contribution >= 4 is 22.7 Å². The second kappa shape index (κ2) is 14.5. The molecule has 2 nitrogen and oxygen atoms in total. The van der Waals surface area contributed by atoms with Gasteiger partial charge in [0, 0.05) is 29.3 Å². The van der Waals surface area contributed by atoms with Crippen molar-refractivity contribution in [3.05, 3.63) is 106 Å². The average Bonchev–Trinajstić information content (AvgIpc) is 3.00. The molecule has 0 saturated carbocycles. The van der Waals surface area contributed by atoms with Crippen molar-refractivity contribution in [1.82, 2.24) is 0 Å². The molecule has 0 spiro atoms. The van der Waals surface area contributed by atoms with Crippen LogP contribution in [0.1, 0.15) is 128 Å². The molecule has 3 aromatic rings. The molecule has 0 heterocycles. The van der Waals surface area contributed by atoms with Gasteiger partial charge in [0.15, 0.2) is 0 Å². The van der Waals surface area contributed by atoms with Gasteiger partial charge in [0.1, 0.15) is 0 Å². The van der Waals surface area contributed by atoms with Crippen LogP contribution < -0.4 is 10.2 Å². The third kappa shape index (κ3) is 8.62. The average molecular weight is 633 g/mol. The maximum atomic E-state index is 3.76. The van der Waals surface area contributed by atoms with Gasteiger partial charge in [0.2, 0.25) is 0 Å². The molecule has 0 fully saturated rings. The Morgan fingerprint density at radius 3 is 1.77 bits per heavy atom. The highest BCUT2D eigenvalue weighted by molar-refractivity contribution is 5.74. The van der Waals surface area contributed by atoms with Gasteiger partial charge in [-0.3, -0.25) is 0 Å². The Hall–Kier alpha value is -3.26. The summed E-state index contributed by atoms with van der Waals surface area (Å²) in [5, 5.41) is 3.76. The second-order valence-corrected chi connectivity index (χ2v) is 16.8. The highest BCUT2D eigenvalue weighted by atomic mass is 15.1. The Labute approximate surface area is 288 Å². The number of hydrogen-bond acceptors (Lipinski definition) is 2. The third-order valence-corrected chi connectivity index (χ3v) is 10.6. The van der Waals surface area contributed by atoms with E-state index in [2.05, 4.69) is 167 Å². The van der Waals surface area contributed by atoms with Crippen molar-refractivity contribution in [3.63, 3.8) is 0 Å². The molecule has 0 aromatic heterocycles. The summed E-state index contributed by atoms with van der Waals surface area (Å²) in [5.41, 5.74) is 15.0. The fourth-order valence-corrected chi connectivity index (χ4v) is 7.21. The van der Waals surface area contributed by atoms with E-state index in [1.807, 2.05) is 0 Å². The predicted molar refractivity (Wildman–Crippen MR) is 209 cm³/mol. The summed E-state index contributed by atoms with van der Waals surface area (Å²) >= 11 is 0. The zero-order valence-electron chi connectivity index (χ0n) is 32.1. The Kier molecular flexibility index (Phi) is 11.3. The van der Waals surface area contributed by atoms with Crippen LogP contribution in [0, 0.1) is 39.0 Å². The fourth-order valence-electron chi connectivity index (χ4n) is 7.21. The molecule has 0 radical (unpaired) electrons. The fraction of sp³-hybridized carbons (Fsp3) is 0.511. The summed E-state index contributed by atoms with van der Waals surface area (Å²) in [6, 6.07) is 18.6. The highest BCUT2D eigenvalue weighted by Crippen LogP contribution is 2.42. The van der Waals surface area contributed by atoms with Crippen LogP contribution in [0.4, 0.5) is 22.7 Å². The SMILES string of the molecule is CCCCC(C)(CC)C1=CC(CN(c2ccc(Nc3c(C)cc(C(C)(C)C)cc3C)cc2)c2c(C)cc(C(C)(C)C)cc2C)CC=C1. The number of anilines is 4. The van der Waals surface area contributed by atoms with Crippen molar-refractivity contribution in [2.24, 2.45) is 11.3 Å². The van der Waals surface area contributed by atoms with Crippen LogP contribution in [-0.4, -0.2) is 6.54 Å². The number of allylic oxidation sites excluding steroid dienone is 3. The van der Waals surface area contributed by atoms with Gasteiger partial charge in [0.25, 0.3) is 0 Å². The molecule has 1 aliphatic carbocycles. The summed E-state index contributed by atoms with van der Waals surface area (Å²) in [7, 11) is 0. The minimum Gasteiger partial charge on any atom is -0.355 e. The maximum Gasteiger partial charge on any atom is 0.0470 e. The molecule has 254 valence electrons. The molecular formula is C45H64N2. The highest BCUT2D eigenvalue weighted by Gasteiger charge is 2.29. The lowest BCUT2D eigenvalue weighted by atomic mass is 9.72. The van der Waals surface area contributed by atoms with Crippen LogP contribution in [0.3, 0.4) is 0 Å². The molecule has 2 heteroatoms. The quantitative estimate of drug-likeness (QED) is 0.226. The summed E-state index contributed by atoms with van der Waals surface area (Å²) in [6.45, 7) is 30.9. The minimum atomic E-state index is 0.114. The molecule has 47 heavy (non-hydrogen) atoms. The molecule has 3 aromatic carbocycles. The first kappa shape index (κ1) is 36.6. The number of nitrogens with one attached hydrogen (secondary N) is 1. The van der Waals surface area contributed by atoms with Gasteiger partial charge in [0.05, 0.1) is 0 Å².